The Morgan fingerprint density at radius 2 is 1.96 bits per heavy atom. The third-order valence-corrected chi connectivity index (χ3v) is 4.38. The van der Waals surface area contributed by atoms with Gasteiger partial charge in [-0.1, -0.05) is 30.3 Å². The van der Waals surface area contributed by atoms with Crippen LogP contribution in [0.2, 0.25) is 0 Å². The number of para-hydroxylation sites is 2. The van der Waals surface area contributed by atoms with E-state index in [0.29, 0.717) is 12.1 Å². The highest BCUT2D eigenvalue weighted by Crippen LogP contribution is 2.27. The molecule has 0 radical (unpaired) electrons. The Morgan fingerprint density at radius 3 is 2.73 bits per heavy atom. The Kier molecular flexibility index (Phi) is 4.97. The van der Waals surface area contributed by atoms with E-state index in [2.05, 4.69) is 0 Å². The van der Waals surface area contributed by atoms with Gasteiger partial charge in [0.1, 0.15) is 5.56 Å². The molecule has 0 N–H and O–H groups in total. The van der Waals surface area contributed by atoms with E-state index in [1.165, 1.54) is 6.07 Å². The molecule has 0 atom stereocenters. The van der Waals surface area contributed by atoms with E-state index < -0.39 is 17.5 Å². The summed E-state index contributed by atoms with van der Waals surface area (Å²) in [4.78, 5) is 36.9. The number of esters is 1. The van der Waals surface area contributed by atoms with Gasteiger partial charge in [-0.15, -0.1) is 0 Å². The van der Waals surface area contributed by atoms with Crippen molar-refractivity contribution in [2.45, 2.75) is 19.8 Å². The van der Waals surface area contributed by atoms with Crippen LogP contribution in [-0.4, -0.2) is 30.0 Å². The first-order valence-corrected chi connectivity index (χ1v) is 8.28. The summed E-state index contributed by atoms with van der Waals surface area (Å²) < 4.78 is 5.07. The molecule has 0 saturated carbocycles. The number of amides is 1. The monoisotopic (exact) mass is 354 g/mol. The first-order chi connectivity index (χ1) is 12.5. The van der Waals surface area contributed by atoms with Gasteiger partial charge in [0.05, 0.1) is 4.92 Å². The molecule has 0 aromatic heterocycles. The van der Waals surface area contributed by atoms with E-state index in [0.717, 1.165) is 24.1 Å². The van der Waals surface area contributed by atoms with Crippen molar-refractivity contribution in [3.63, 3.8) is 0 Å². The molecule has 1 aliphatic heterocycles. The molecule has 2 aromatic rings. The minimum Gasteiger partial charge on any atom is -0.452 e. The lowest BCUT2D eigenvalue weighted by Crippen LogP contribution is -2.38. The summed E-state index contributed by atoms with van der Waals surface area (Å²) in [5.74, 6) is -1.22. The highest BCUT2D eigenvalue weighted by Gasteiger charge is 2.26. The molecule has 0 bridgehead atoms. The van der Waals surface area contributed by atoms with Crippen molar-refractivity contribution in [2.75, 3.05) is 18.1 Å². The molecule has 1 heterocycles. The number of hydrogen-bond donors (Lipinski definition) is 0. The molecule has 3 rings (SSSR count). The van der Waals surface area contributed by atoms with Crippen LogP contribution < -0.4 is 4.90 Å². The van der Waals surface area contributed by atoms with Crippen LogP contribution in [0.5, 0.6) is 0 Å². The van der Waals surface area contributed by atoms with Gasteiger partial charge in [-0.3, -0.25) is 14.9 Å². The van der Waals surface area contributed by atoms with Crippen LogP contribution in [0.15, 0.2) is 42.5 Å². The SMILES string of the molecule is Cc1cccc(C(=O)OCC(=O)N2CCCc3ccccc32)c1[N+](=O)[O-]. The molecule has 0 spiro atoms. The molecule has 7 nitrogen and oxygen atoms in total. The number of hydrogen-bond acceptors (Lipinski definition) is 5. The highest BCUT2D eigenvalue weighted by atomic mass is 16.6. The van der Waals surface area contributed by atoms with Crippen molar-refractivity contribution < 1.29 is 19.2 Å². The fraction of sp³-hybridized carbons (Fsp3) is 0.263. The van der Waals surface area contributed by atoms with Gasteiger partial charge < -0.3 is 9.64 Å². The highest BCUT2D eigenvalue weighted by molar-refractivity contribution is 5.99. The van der Waals surface area contributed by atoms with E-state index in [-0.39, 0.29) is 17.2 Å². The lowest BCUT2D eigenvalue weighted by molar-refractivity contribution is -0.385. The summed E-state index contributed by atoms with van der Waals surface area (Å²) >= 11 is 0. The lowest BCUT2D eigenvalue weighted by atomic mass is 10.0. The minimum absolute atomic E-state index is 0.151. The smallest absolute Gasteiger partial charge is 0.345 e. The van der Waals surface area contributed by atoms with Crippen molar-refractivity contribution >= 4 is 23.3 Å². The molecule has 2 aromatic carbocycles. The molecule has 0 fully saturated rings. The zero-order valence-electron chi connectivity index (χ0n) is 14.3. The van der Waals surface area contributed by atoms with Gasteiger partial charge in [-0.05, 0) is 37.5 Å². The van der Waals surface area contributed by atoms with Crippen molar-refractivity contribution in [2.24, 2.45) is 0 Å². The van der Waals surface area contributed by atoms with Crippen LogP contribution in [0.3, 0.4) is 0 Å². The number of ether oxygens (including phenoxy) is 1. The van der Waals surface area contributed by atoms with Gasteiger partial charge >= 0.3 is 5.97 Å². The van der Waals surface area contributed by atoms with E-state index in [1.807, 2.05) is 24.3 Å². The molecule has 1 amide bonds. The van der Waals surface area contributed by atoms with Crippen LogP contribution >= 0.6 is 0 Å². The number of carbonyl (C=O) groups excluding carboxylic acids is 2. The number of nitro benzene ring substituents is 1. The fourth-order valence-corrected chi connectivity index (χ4v) is 3.14. The second kappa shape index (κ2) is 7.35. The summed E-state index contributed by atoms with van der Waals surface area (Å²) in [6, 6.07) is 12.0. The number of aryl methyl sites for hydroxylation is 2. The molecular formula is C19H18N2O5. The number of nitro groups is 1. The molecule has 0 saturated heterocycles. The number of benzene rings is 2. The molecule has 1 aliphatic rings. The van der Waals surface area contributed by atoms with Gasteiger partial charge in [0.15, 0.2) is 6.61 Å². The van der Waals surface area contributed by atoms with Crippen molar-refractivity contribution in [1.82, 2.24) is 0 Å². The van der Waals surface area contributed by atoms with Gasteiger partial charge in [0.2, 0.25) is 0 Å². The Balaban J connectivity index is 1.72. The largest absolute Gasteiger partial charge is 0.452 e. The summed E-state index contributed by atoms with van der Waals surface area (Å²) in [5.41, 5.74) is 1.81. The molecule has 7 heteroatoms. The number of nitrogens with zero attached hydrogens (tertiary/aromatic N) is 2. The summed E-state index contributed by atoms with van der Waals surface area (Å²) in [5, 5.41) is 11.2. The van der Waals surface area contributed by atoms with E-state index in [1.54, 1.807) is 24.0 Å². The van der Waals surface area contributed by atoms with E-state index in [9.17, 15) is 19.7 Å². The first kappa shape index (κ1) is 17.6. The minimum atomic E-state index is -0.876. The van der Waals surface area contributed by atoms with Crippen LogP contribution in [0.4, 0.5) is 11.4 Å². The van der Waals surface area contributed by atoms with Crippen molar-refractivity contribution in [3.05, 3.63) is 69.3 Å². The standard InChI is InChI=1S/C19H18N2O5/c1-13-6-4-9-15(18(13)21(24)25)19(23)26-12-17(22)20-11-5-8-14-7-2-3-10-16(14)20/h2-4,6-7,9-10H,5,8,11-12H2,1H3. The topological polar surface area (TPSA) is 89.8 Å². The van der Waals surface area contributed by atoms with Crippen LogP contribution in [0, 0.1) is 17.0 Å². The number of anilines is 1. The summed E-state index contributed by atoms with van der Waals surface area (Å²) in [6.45, 7) is 1.64. The van der Waals surface area contributed by atoms with Crippen LogP contribution in [-0.2, 0) is 16.0 Å². The third-order valence-electron chi connectivity index (χ3n) is 4.38. The maximum Gasteiger partial charge on any atom is 0.345 e. The zero-order valence-corrected chi connectivity index (χ0v) is 14.3. The van der Waals surface area contributed by atoms with Crippen molar-refractivity contribution in [1.29, 1.82) is 0 Å². The predicted octanol–water partition coefficient (Wildman–Crippen LogP) is 3.04. The Bertz CT molecular complexity index is 878. The van der Waals surface area contributed by atoms with Crippen LogP contribution in [0.25, 0.3) is 0 Å². The number of rotatable bonds is 4. The summed E-state index contributed by atoms with van der Waals surface area (Å²) in [7, 11) is 0. The van der Waals surface area contributed by atoms with Crippen LogP contribution in [0.1, 0.15) is 27.9 Å². The average molecular weight is 354 g/mol. The maximum atomic E-state index is 12.5. The summed E-state index contributed by atoms with van der Waals surface area (Å²) in [6.07, 6.45) is 1.73. The molecule has 0 unspecified atom stereocenters. The van der Waals surface area contributed by atoms with E-state index in [4.69, 9.17) is 4.74 Å². The second-order valence-electron chi connectivity index (χ2n) is 6.08. The zero-order chi connectivity index (χ0) is 18.7. The molecule has 134 valence electrons. The average Bonchev–Trinajstić information content (AvgIpc) is 2.64. The second-order valence-corrected chi connectivity index (χ2v) is 6.08. The predicted molar refractivity (Wildman–Crippen MR) is 95.2 cm³/mol. The Hall–Kier alpha value is -3.22. The first-order valence-electron chi connectivity index (χ1n) is 8.28. The van der Waals surface area contributed by atoms with E-state index >= 15 is 0 Å². The van der Waals surface area contributed by atoms with Gasteiger partial charge in [-0.25, -0.2) is 4.79 Å². The van der Waals surface area contributed by atoms with Gasteiger partial charge in [0.25, 0.3) is 11.6 Å². The number of fused-ring (bicyclic) bond motifs is 1. The molecule has 26 heavy (non-hydrogen) atoms. The normalized spacial score (nSPS) is 13.0. The lowest BCUT2D eigenvalue weighted by Gasteiger charge is -2.29. The Labute approximate surface area is 150 Å². The third kappa shape index (κ3) is 3.42. The fourth-order valence-electron chi connectivity index (χ4n) is 3.14. The number of carbonyl (C=O) groups is 2. The van der Waals surface area contributed by atoms with Gasteiger partial charge in [0, 0.05) is 17.8 Å². The quantitative estimate of drug-likeness (QED) is 0.478. The maximum absolute atomic E-state index is 12.5. The molecule has 0 aliphatic carbocycles. The van der Waals surface area contributed by atoms with Crippen molar-refractivity contribution in [3.8, 4) is 0 Å². The Morgan fingerprint density at radius 1 is 1.19 bits per heavy atom. The molecular weight excluding hydrogens is 336 g/mol. The van der Waals surface area contributed by atoms with Gasteiger partial charge in [-0.2, -0.15) is 0 Å².